The average molecular weight is 419 g/mol. The zero-order chi connectivity index (χ0) is 21.2. The molecule has 5 rings (SSSR count). The van der Waals surface area contributed by atoms with Gasteiger partial charge in [-0.1, -0.05) is 6.07 Å². The zero-order valence-electron chi connectivity index (χ0n) is 17.4. The van der Waals surface area contributed by atoms with Crippen LogP contribution in [0.15, 0.2) is 47.4 Å². The van der Waals surface area contributed by atoms with E-state index in [1.54, 1.807) is 0 Å². The van der Waals surface area contributed by atoms with Gasteiger partial charge >= 0.3 is 0 Å². The van der Waals surface area contributed by atoms with E-state index in [4.69, 9.17) is 15.5 Å². The van der Waals surface area contributed by atoms with E-state index >= 15 is 0 Å². The summed E-state index contributed by atoms with van der Waals surface area (Å²) in [6, 6.07) is 11.6. The molecule has 0 aliphatic carbocycles. The lowest BCUT2D eigenvalue weighted by Crippen LogP contribution is -2.37. The first-order chi connectivity index (χ1) is 15.2. The van der Waals surface area contributed by atoms with Crippen molar-refractivity contribution in [2.45, 2.75) is 19.5 Å². The van der Waals surface area contributed by atoms with Crippen LogP contribution in [0.25, 0.3) is 11.4 Å². The second-order valence-electron chi connectivity index (χ2n) is 8.05. The lowest BCUT2D eigenvalue weighted by Gasteiger charge is -2.29. The standard InChI is InChI=1S/C23H26N6O2/c24-18-4-2-17(3-5-18)22-26-20-7-8-28(15-19(20)23(30)27-22)14-16-1-6-21(25-13-16)29-9-11-31-12-10-29/h1-6,13H,7-12,14-15,24H2,(H,26,27,30). The minimum atomic E-state index is -0.0673. The van der Waals surface area contributed by atoms with Gasteiger partial charge < -0.3 is 20.4 Å². The van der Waals surface area contributed by atoms with E-state index in [9.17, 15) is 4.79 Å². The zero-order valence-corrected chi connectivity index (χ0v) is 17.4. The monoisotopic (exact) mass is 418 g/mol. The molecule has 4 heterocycles. The number of nitrogens with zero attached hydrogens (tertiary/aromatic N) is 4. The highest BCUT2D eigenvalue weighted by Crippen LogP contribution is 2.21. The molecular formula is C23H26N6O2. The highest BCUT2D eigenvalue weighted by atomic mass is 16.5. The first-order valence-corrected chi connectivity index (χ1v) is 10.6. The van der Waals surface area contributed by atoms with Gasteiger partial charge in [-0.3, -0.25) is 9.69 Å². The summed E-state index contributed by atoms with van der Waals surface area (Å²) in [5, 5.41) is 0. The Labute approximate surface area is 180 Å². The second kappa shape index (κ2) is 8.49. The van der Waals surface area contributed by atoms with Crippen molar-refractivity contribution in [3.8, 4) is 11.4 Å². The largest absolute Gasteiger partial charge is 0.399 e. The molecule has 1 saturated heterocycles. The van der Waals surface area contributed by atoms with Gasteiger partial charge in [-0.05, 0) is 35.9 Å². The number of aromatic amines is 1. The third-order valence-electron chi connectivity index (χ3n) is 5.88. The summed E-state index contributed by atoms with van der Waals surface area (Å²) >= 11 is 0. The molecule has 8 nitrogen and oxygen atoms in total. The lowest BCUT2D eigenvalue weighted by atomic mass is 10.1. The average Bonchev–Trinajstić information content (AvgIpc) is 2.81. The number of rotatable bonds is 4. The number of ether oxygens (including phenoxy) is 1. The van der Waals surface area contributed by atoms with Gasteiger partial charge in [0.15, 0.2) is 0 Å². The van der Waals surface area contributed by atoms with Crippen LogP contribution in [0.2, 0.25) is 0 Å². The number of benzene rings is 1. The number of nitrogen functional groups attached to an aromatic ring is 1. The fourth-order valence-electron chi connectivity index (χ4n) is 4.14. The fraction of sp³-hybridized carbons (Fsp3) is 0.348. The molecule has 0 bridgehead atoms. The summed E-state index contributed by atoms with van der Waals surface area (Å²) in [5.74, 6) is 1.59. The van der Waals surface area contributed by atoms with Gasteiger partial charge in [0.2, 0.25) is 0 Å². The minimum absolute atomic E-state index is 0.0673. The molecule has 160 valence electrons. The van der Waals surface area contributed by atoms with Gasteiger partial charge in [-0.2, -0.15) is 0 Å². The number of hydrogen-bond acceptors (Lipinski definition) is 7. The van der Waals surface area contributed by atoms with E-state index in [1.807, 2.05) is 30.5 Å². The number of hydrogen-bond donors (Lipinski definition) is 2. The highest BCUT2D eigenvalue weighted by Gasteiger charge is 2.22. The normalized spacial score (nSPS) is 16.8. The van der Waals surface area contributed by atoms with E-state index in [2.05, 4.69) is 31.9 Å². The van der Waals surface area contributed by atoms with Crippen LogP contribution in [-0.4, -0.2) is 52.7 Å². The topological polar surface area (TPSA) is 100 Å². The molecule has 0 saturated carbocycles. The molecule has 3 aromatic rings. The van der Waals surface area contributed by atoms with Crippen molar-refractivity contribution in [2.24, 2.45) is 0 Å². The molecule has 2 aromatic heterocycles. The van der Waals surface area contributed by atoms with E-state index in [0.29, 0.717) is 18.1 Å². The van der Waals surface area contributed by atoms with Gasteiger partial charge in [0.1, 0.15) is 11.6 Å². The van der Waals surface area contributed by atoms with Crippen LogP contribution in [0.4, 0.5) is 11.5 Å². The minimum Gasteiger partial charge on any atom is -0.399 e. The van der Waals surface area contributed by atoms with Crippen LogP contribution in [-0.2, 0) is 24.2 Å². The van der Waals surface area contributed by atoms with Gasteiger partial charge in [0, 0.05) is 56.6 Å². The second-order valence-corrected chi connectivity index (χ2v) is 8.05. The predicted octanol–water partition coefficient (Wildman–Crippen LogP) is 1.81. The van der Waals surface area contributed by atoms with Crippen LogP contribution in [0, 0.1) is 0 Å². The summed E-state index contributed by atoms with van der Waals surface area (Å²) in [6.45, 7) is 5.46. The molecule has 2 aliphatic heterocycles. The smallest absolute Gasteiger partial charge is 0.255 e. The summed E-state index contributed by atoms with van der Waals surface area (Å²) < 4.78 is 5.41. The molecule has 3 N–H and O–H groups in total. The van der Waals surface area contributed by atoms with Crippen molar-refractivity contribution in [3.63, 3.8) is 0 Å². The van der Waals surface area contributed by atoms with Gasteiger partial charge in [0.05, 0.1) is 24.5 Å². The highest BCUT2D eigenvalue weighted by molar-refractivity contribution is 5.58. The van der Waals surface area contributed by atoms with Crippen molar-refractivity contribution >= 4 is 11.5 Å². The Morgan fingerprint density at radius 1 is 1.06 bits per heavy atom. The Balaban J connectivity index is 1.28. The molecule has 1 fully saturated rings. The maximum atomic E-state index is 12.8. The maximum Gasteiger partial charge on any atom is 0.255 e. The quantitative estimate of drug-likeness (QED) is 0.623. The van der Waals surface area contributed by atoms with E-state index in [0.717, 1.165) is 74.0 Å². The Morgan fingerprint density at radius 2 is 1.87 bits per heavy atom. The molecule has 31 heavy (non-hydrogen) atoms. The molecule has 8 heteroatoms. The molecule has 0 spiro atoms. The SMILES string of the molecule is Nc1ccc(-c2nc3c(c(=O)[nH]2)CN(Cc2ccc(N4CCOCC4)nc2)CC3)cc1. The van der Waals surface area contributed by atoms with Crippen LogP contribution in [0.3, 0.4) is 0 Å². The Morgan fingerprint density at radius 3 is 2.61 bits per heavy atom. The number of morpholine rings is 1. The third-order valence-corrected chi connectivity index (χ3v) is 5.88. The predicted molar refractivity (Wildman–Crippen MR) is 120 cm³/mol. The first-order valence-electron chi connectivity index (χ1n) is 10.6. The number of nitrogens with two attached hydrogens (primary N) is 1. The molecule has 0 amide bonds. The lowest BCUT2D eigenvalue weighted by molar-refractivity contribution is 0.122. The van der Waals surface area contributed by atoms with E-state index in [-0.39, 0.29) is 5.56 Å². The van der Waals surface area contributed by atoms with Gasteiger partial charge in [-0.15, -0.1) is 0 Å². The van der Waals surface area contributed by atoms with Crippen molar-refractivity contribution in [3.05, 3.63) is 69.8 Å². The van der Waals surface area contributed by atoms with Crippen molar-refractivity contribution in [1.29, 1.82) is 0 Å². The molecule has 2 aliphatic rings. The number of anilines is 2. The van der Waals surface area contributed by atoms with E-state index < -0.39 is 0 Å². The van der Waals surface area contributed by atoms with Crippen molar-refractivity contribution in [1.82, 2.24) is 19.9 Å². The van der Waals surface area contributed by atoms with E-state index in [1.165, 1.54) is 0 Å². The number of aromatic nitrogens is 3. The molecule has 0 unspecified atom stereocenters. The molecule has 1 aromatic carbocycles. The molecule has 0 radical (unpaired) electrons. The van der Waals surface area contributed by atoms with Crippen LogP contribution >= 0.6 is 0 Å². The van der Waals surface area contributed by atoms with Crippen LogP contribution in [0.5, 0.6) is 0 Å². The summed E-state index contributed by atoms with van der Waals surface area (Å²) in [4.78, 5) is 29.6. The summed E-state index contributed by atoms with van der Waals surface area (Å²) in [7, 11) is 0. The molecule has 0 atom stereocenters. The van der Waals surface area contributed by atoms with Crippen LogP contribution < -0.4 is 16.2 Å². The van der Waals surface area contributed by atoms with Crippen molar-refractivity contribution in [2.75, 3.05) is 43.5 Å². The summed E-state index contributed by atoms with van der Waals surface area (Å²) in [6.07, 6.45) is 2.69. The number of nitrogens with one attached hydrogen (secondary N) is 1. The maximum absolute atomic E-state index is 12.8. The third kappa shape index (κ3) is 4.30. The number of pyridine rings is 1. The summed E-state index contributed by atoms with van der Waals surface area (Å²) in [5.41, 5.74) is 10.0. The van der Waals surface area contributed by atoms with Crippen LogP contribution in [0.1, 0.15) is 16.8 Å². The van der Waals surface area contributed by atoms with Gasteiger partial charge in [-0.25, -0.2) is 9.97 Å². The first kappa shape index (κ1) is 19.7. The van der Waals surface area contributed by atoms with Crippen molar-refractivity contribution < 1.29 is 4.74 Å². The Bertz CT molecular complexity index is 1100. The number of H-pyrrole nitrogens is 1. The fourth-order valence-corrected chi connectivity index (χ4v) is 4.14. The molecular weight excluding hydrogens is 392 g/mol. The Hall–Kier alpha value is -3.23. The number of fused-ring (bicyclic) bond motifs is 1. The Kier molecular flexibility index (Phi) is 5.40. The van der Waals surface area contributed by atoms with Gasteiger partial charge in [0.25, 0.3) is 5.56 Å².